The quantitative estimate of drug-likeness (QED) is 0.859. The summed E-state index contributed by atoms with van der Waals surface area (Å²) in [7, 11) is 1.65. The van der Waals surface area contributed by atoms with Crippen molar-refractivity contribution in [1.29, 1.82) is 0 Å². The van der Waals surface area contributed by atoms with Gasteiger partial charge < -0.3 is 14.4 Å². The van der Waals surface area contributed by atoms with Gasteiger partial charge in [0.15, 0.2) is 0 Å². The summed E-state index contributed by atoms with van der Waals surface area (Å²) in [6, 6.07) is 3.78. The number of rotatable bonds is 3. The molecule has 1 aromatic rings. The van der Waals surface area contributed by atoms with Crippen molar-refractivity contribution in [2.24, 2.45) is 5.92 Å². The summed E-state index contributed by atoms with van der Waals surface area (Å²) in [6.45, 7) is 7.12. The van der Waals surface area contributed by atoms with E-state index in [4.69, 9.17) is 9.47 Å². The summed E-state index contributed by atoms with van der Waals surface area (Å²) < 4.78 is 10.7. The first-order valence-electron chi connectivity index (χ1n) is 7.35. The molecule has 1 aliphatic rings. The fourth-order valence-corrected chi connectivity index (χ4v) is 2.53. The number of hydrogen-bond acceptors (Lipinski definition) is 4. The van der Waals surface area contributed by atoms with E-state index in [1.54, 1.807) is 18.2 Å². The first kappa shape index (κ1) is 15.6. The zero-order valence-electron chi connectivity index (χ0n) is 13.3. The minimum Gasteiger partial charge on any atom is -0.495 e. The molecule has 1 unspecified atom stereocenters. The number of hydrogen-bond donors (Lipinski definition) is 0. The van der Waals surface area contributed by atoms with Crippen LogP contribution in [0.3, 0.4) is 0 Å². The largest absolute Gasteiger partial charge is 0.495 e. The summed E-state index contributed by atoms with van der Waals surface area (Å²) in [5.74, 6) is 1.22. The maximum Gasteiger partial charge on any atom is 0.410 e. The smallest absolute Gasteiger partial charge is 0.410 e. The molecule has 0 saturated carbocycles. The third kappa shape index (κ3) is 4.34. The second-order valence-electron chi connectivity index (χ2n) is 6.44. The summed E-state index contributed by atoms with van der Waals surface area (Å²) in [6.07, 6.45) is 3.35. The first-order chi connectivity index (χ1) is 9.89. The van der Waals surface area contributed by atoms with Crippen LogP contribution < -0.4 is 4.74 Å². The number of aromatic nitrogens is 1. The van der Waals surface area contributed by atoms with Gasteiger partial charge in [-0.1, -0.05) is 0 Å². The number of ether oxygens (including phenoxy) is 2. The predicted octanol–water partition coefficient (Wildman–Crippen LogP) is 2.89. The van der Waals surface area contributed by atoms with Gasteiger partial charge in [0.1, 0.15) is 11.4 Å². The molecule has 0 bridgehead atoms. The Hall–Kier alpha value is -1.78. The van der Waals surface area contributed by atoms with Gasteiger partial charge in [0.2, 0.25) is 0 Å². The lowest BCUT2D eigenvalue weighted by molar-refractivity contribution is 0.0288. The Morgan fingerprint density at radius 3 is 2.90 bits per heavy atom. The van der Waals surface area contributed by atoms with Gasteiger partial charge in [0.05, 0.1) is 12.8 Å². The molecule has 0 spiro atoms. The molecular weight excluding hydrogens is 268 g/mol. The number of carbonyl (C=O) groups excluding carboxylic acids is 1. The summed E-state index contributed by atoms with van der Waals surface area (Å²) >= 11 is 0. The highest BCUT2D eigenvalue weighted by Crippen LogP contribution is 2.25. The lowest BCUT2D eigenvalue weighted by Gasteiger charge is -2.24. The molecule has 5 heteroatoms. The number of methoxy groups -OCH3 is 1. The number of carbonyl (C=O) groups is 1. The van der Waals surface area contributed by atoms with Crippen LogP contribution in [0, 0.1) is 5.92 Å². The van der Waals surface area contributed by atoms with Crippen molar-refractivity contribution >= 4 is 6.09 Å². The minimum absolute atomic E-state index is 0.224. The van der Waals surface area contributed by atoms with Crippen molar-refractivity contribution in [3.05, 3.63) is 24.0 Å². The van der Waals surface area contributed by atoms with Crippen LogP contribution in [-0.2, 0) is 11.2 Å². The van der Waals surface area contributed by atoms with Crippen molar-refractivity contribution in [3.8, 4) is 5.75 Å². The standard InChI is InChI=1S/C16H24N2O3/c1-16(2,3)21-15(19)18-9-7-12(11-18)10-13-14(20-4)6-5-8-17-13/h5-6,8,12H,7,9-11H2,1-4H3. The molecule has 0 aliphatic carbocycles. The monoisotopic (exact) mass is 292 g/mol. The van der Waals surface area contributed by atoms with Crippen LogP contribution in [0.2, 0.25) is 0 Å². The summed E-state index contributed by atoms with van der Waals surface area (Å²) in [5, 5.41) is 0. The molecule has 0 N–H and O–H groups in total. The molecule has 5 nitrogen and oxygen atoms in total. The van der Waals surface area contributed by atoms with Crippen molar-refractivity contribution in [3.63, 3.8) is 0 Å². The van der Waals surface area contributed by atoms with Gasteiger partial charge in [0, 0.05) is 19.3 Å². The summed E-state index contributed by atoms with van der Waals surface area (Å²) in [4.78, 5) is 18.2. The Morgan fingerprint density at radius 1 is 1.48 bits per heavy atom. The third-order valence-electron chi connectivity index (χ3n) is 3.49. The molecule has 116 valence electrons. The van der Waals surface area contributed by atoms with Crippen molar-refractivity contribution in [2.75, 3.05) is 20.2 Å². The van der Waals surface area contributed by atoms with E-state index in [2.05, 4.69) is 4.98 Å². The lowest BCUT2D eigenvalue weighted by Crippen LogP contribution is -2.35. The van der Waals surface area contributed by atoms with E-state index in [1.807, 2.05) is 32.9 Å². The Bertz CT molecular complexity index is 497. The average molecular weight is 292 g/mol. The molecule has 1 atom stereocenters. The molecule has 0 radical (unpaired) electrons. The van der Waals surface area contributed by atoms with Crippen molar-refractivity contribution < 1.29 is 14.3 Å². The number of likely N-dealkylation sites (tertiary alicyclic amines) is 1. The van der Waals surface area contributed by atoms with E-state index < -0.39 is 5.60 Å². The zero-order valence-corrected chi connectivity index (χ0v) is 13.3. The van der Waals surface area contributed by atoms with Crippen LogP contribution in [0.1, 0.15) is 32.9 Å². The van der Waals surface area contributed by atoms with Crippen LogP contribution in [0.25, 0.3) is 0 Å². The molecular formula is C16H24N2O3. The molecule has 21 heavy (non-hydrogen) atoms. The Labute approximate surface area is 126 Å². The molecule has 1 aromatic heterocycles. The minimum atomic E-state index is -0.445. The zero-order chi connectivity index (χ0) is 15.5. The normalized spacial score (nSPS) is 18.7. The van der Waals surface area contributed by atoms with Crippen molar-refractivity contribution in [2.45, 2.75) is 39.2 Å². The van der Waals surface area contributed by atoms with Crippen LogP contribution in [0.4, 0.5) is 4.79 Å². The van der Waals surface area contributed by atoms with E-state index in [0.717, 1.165) is 30.8 Å². The van der Waals surface area contributed by atoms with Gasteiger partial charge in [-0.25, -0.2) is 4.79 Å². The third-order valence-corrected chi connectivity index (χ3v) is 3.49. The van der Waals surface area contributed by atoms with Crippen LogP contribution in [0.5, 0.6) is 5.75 Å². The number of nitrogens with zero attached hydrogens (tertiary/aromatic N) is 2. The van der Waals surface area contributed by atoms with Gasteiger partial charge >= 0.3 is 6.09 Å². The maximum absolute atomic E-state index is 12.0. The average Bonchev–Trinajstić information content (AvgIpc) is 2.86. The highest BCUT2D eigenvalue weighted by molar-refractivity contribution is 5.68. The maximum atomic E-state index is 12.0. The van der Waals surface area contributed by atoms with Crippen molar-refractivity contribution in [1.82, 2.24) is 9.88 Å². The van der Waals surface area contributed by atoms with E-state index in [0.29, 0.717) is 12.5 Å². The fourth-order valence-electron chi connectivity index (χ4n) is 2.53. The Kier molecular flexibility index (Phi) is 4.70. The second kappa shape index (κ2) is 6.33. The van der Waals surface area contributed by atoms with Crippen LogP contribution in [0.15, 0.2) is 18.3 Å². The molecule has 1 fully saturated rings. The number of amides is 1. The molecule has 1 aliphatic heterocycles. The van der Waals surface area contributed by atoms with E-state index in [1.165, 1.54) is 0 Å². The van der Waals surface area contributed by atoms with Gasteiger partial charge in [-0.2, -0.15) is 0 Å². The summed E-state index contributed by atoms with van der Waals surface area (Å²) in [5.41, 5.74) is 0.510. The highest BCUT2D eigenvalue weighted by atomic mass is 16.6. The predicted molar refractivity (Wildman–Crippen MR) is 80.4 cm³/mol. The molecule has 2 heterocycles. The second-order valence-corrected chi connectivity index (χ2v) is 6.44. The molecule has 1 amide bonds. The van der Waals surface area contributed by atoms with Gasteiger partial charge in [-0.15, -0.1) is 0 Å². The van der Waals surface area contributed by atoms with E-state index in [-0.39, 0.29) is 6.09 Å². The highest BCUT2D eigenvalue weighted by Gasteiger charge is 2.30. The fraction of sp³-hybridized carbons (Fsp3) is 0.625. The van der Waals surface area contributed by atoms with Gasteiger partial charge in [-0.3, -0.25) is 4.98 Å². The Balaban J connectivity index is 1.92. The van der Waals surface area contributed by atoms with Crippen LogP contribution in [-0.4, -0.2) is 41.8 Å². The topological polar surface area (TPSA) is 51.7 Å². The van der Waals surface area contributed by atoms with Gasteiger partial charge in [0.25, 0.3) is 0 Å². The SMILES string of the molecule is COc1cccnc1CC1CCN(C(=O)OC(C)(C)C)C1. The lowest BCUT2D eigenvalue weighted by atomic mass is 10.0. The van der Waals surface area contributed by atoms with E-state index >= 15 is 0 Å². The molecule has 1 saturated heterocycles. The van der Waals surface area contributed by atoms with E-state index in [9.17, 15) is 4.79 Å². The number of pyridine rings is 1. The first-order valence-corrected chi connectivity index (χ1v) is 7.35. The van der Waals surface area contributed by atoms with Gasteiger partial charge in [-0.05, 0) is 51.7 Å². The Morgan fingerprint density at radius 2 is 2.24 bits per heavy atom. The molecule has 2 rings (SSSR count). The molecule has 0 aromatic carbocycles. The van der Waals surface area contributed by atoms with Crippen LogP contribution >= 0.6 is 0 Å².